The second-order valence-corrected chi connectivity index (χ2v) is 3.59. The van der Waals surface area contributed by atoms with Crippen molar-refractivity contribution in [2.45, 2.75) is 12.8 Å². The zero-order valence-electron chi connectivity index (χ0n) is 9.49. The Bertz CT molecular complexity index is 505. The fraction of sp³-hybridized carbons (Fsp3) is 0.154. The van der Waals surface area contributed by atoms with Gasteiger partial charge in [-0.1, -0.05) is 30.3 Å². The first-order valence-electron chi connectivity index (χ1n) is 5.39. The van der Waals surface area contributed by atoms with E-state index in [1.807, 2.05) is 0 Å². The van der Waals surface area contributed by atoms with Gasteiger partial charge in [-0.15, -0.1) is 0 Å². The summed E-state index contributed by atoms with van der Waals surface area (Å²) in [6, 6.07) is 9.82. The van der Waals surface area contributed by atoms with E-state index in [2.05, 4.69) is 14.7 Å². The van der Waals surface area contributed by atoms with Crippen molar-refractivity contribution >= 4 is 5.97 Å². The minimum absolute atomic E-state index is 0.0736. The molecule has 0 aliphatic rings. The number of carbonyl (C=O) groups is 1. The van der Waals surface area contributed by atoms with Crippen LogP contribution in [-0.4, -0.2) is 15.9 Å². The molecule has 0 radical (unpaired) electrons. The van der Waals surface area contributed by atoms with E-state index in [-0.39, 0.29) is 6.42 Å². The molecule has 1 atom stereocenters. The number of carbonyl (C=O) groups excluding carboxylic acids is 1. The SMILES string of the molecule is O=C(Cc1ccncn1)OC(F)c1ccccc1. The van der Waals surface area contributed by atoms with Crippen molar-refractivity contribution in [3.05, 3.63) is 60.2 Å². The Morgan fingerprint density at radius 3 is 2.72 bits per heavy atom. The van der Waals surface area contributed by atoms with E-state index in [1.165, 1.54) is 12.5 Å². The Kier molecular flexibility index (Phi) is 3.96. The average Bonchev–Trinajstić information content (AvgIpc) is 2.40. The number of halogens is 1. The molecule has 0 fully saturated rings. The van der Waals surface area contributed by atoms with Crippen LogP contribution in [0.4, 0.5) is 4.39 Å². The molecule has 2 aromatic rings. The van der Waals surface area contributed by atoms with Gasteiger partial charge in [0.25, 0.3) is 6.36 Å². The summed E-state index contributed by atoms with van der Waals surface area (Å²) >= 11 is 0. The number of ether oxygens (including phenoxy) is 1. The van der Waals surface area contributed by atoms with Gasteiger partial charge in [0.2, 0.25) is 0 Å². The maximum Gasteiger partial charge on any atom is 0.314 e. The predicted octanol–water partition coefficient (Wildman–Crippen LogP) is 2.23. The first-order valence-corrected chi connectivity index (χ1v) is 5.39. The largest absolute Gasteiger partial charge is 0.426 e. The lowest BCUT2D eigenvalue weighted by Gasteiger charge is -2.09. The van der Waals surface area contributed by atoms with Crippen LogP contribution in [0.1, 0.15) is 17.6 Å². The number of esters is 1. The van der Waals surface area contributed by atoms with Gasteiger partial charge in [-0.3, -0.25) is 4.79 Å². The second kappa shape index (κ2) is 5.86. The molecule has 0 saturated heterocycles. The van der Waals surface area contributed by atoms with E-state index in [4.69, 9.17) is 0 Å². The number of benzene rings is 1. The van der Waals surface area contributed by atoms with E-state index in [9.17, 15) is 9.18 Å². The number of hydrogen-bond donors (Lipinski definition) is 0. The molecule has 0 bridgehead atoms. The number of nitrogens with zero attached hydrogens (tertiary/aromatic N) is 2. The average molecular weight is 246 g/mol. The Balaban J connectivity index is 1.92. The summed E-state index contributed by atoms with van der Waals surface area (Å²) in [5, 5.41) is 0. The van der Waals surface area contributed by atoms with Crippen LogP contribution in [0.2, 0.25) is 0 Å². The van der Waals surface area contributed by atoms with Crippen LogP contribution in [0, 0.1) is 0 Å². The van der Waals surface area contributed by atoms with Gasteiger partial charge in [0.1, 0.15) is 6.33 Å². The van der Waals surface area contributed by atoms with E-state index in [0.29, 0.717) is 11.3 Å². The first kappa shape index (κ1) is 12.2. The fourth-order valence-corrected chi connectivity index (χ4v) is 1.40. The summed E-state index contributed by atoms with van der Waals surface area (Å²) in [4.78, 5) is 19.1. The number of hydrogen-bond acceptors (Lipinski definition) is 4. The van der Waals surface area contributed by atoms with Gasteiger partial charge in [-0.25, -0.2) is 9.97 Å². The molecule has 0 aliphatic heterocycles. The number of rotatable bonds is 4. The molecule has 0 amide bonds. The van der Waals surface area contributed by atoms with Crippen LogP contribution in [0.15, 0.2) is 48.9 Å². The van der Waals surface area contributed by atoms with Crippen LogP contribution in [0.5, 0.6) is 0 Å². The van der Waals surface area contributed by atoms with Gasteiger partial charge in [-0.2, -0.15) is 4.39 Å². The molecule has 92 valence electrons. The summed E-state index contributed by atoms with van der Waals surface area (Å²) in [6.07, 6.45) is 1.02. The molecule has 0 aliphatic carbocycles. The van der Waals surface area contributed by atoms with Gasteiger partial charge in [0, 0.05) is 11.8 Å². The van der Waals surface area contributed by atoms with Gasteiger partial charge in [-0.05, 0) is 6.07 Å². The van der Waals surface area contributed by atoms with E-state index < -0.39 is 12.3 Å². The van der Waals surface area contributed by atoms with Gasteiger partial charge in [0.15, 0.2) is 0 Å². The highest BCUT2D eigenvalue weighted by molar-refractivity contribution is 5.72. The van der Waals surface area contributed by atoms with Crippen molar-refractivity contribution in [1.29, 1.82) is 0 Å². The van der Waals surface area contributed by atoms with Crippen molar-refractivity contribution in [2.24, 2.45) is 0 Å². The van der Waals surface area contributed by atoms with E-state index in [1.54, 1.807) is 36.4 Å². The fourth-order valence-electron chi connectivity index (χ4n) is 1.40. The van der Waals surface area contributed by atoms with Gasteiger partial charge >= 0.3 is 5.97 Å². The van der Waals surface area contributed by atoms with Crippen molar-refractivity contribution in [3.63, 3.8) is 0 Å². The van der Waals surface area contributed by atoms with Crippen molar-refractivity contribution in [2.75, 3.05) is 0 Å². The third-order valence-corrected chi connectivity index (χ3v) is 2.27. The summed E-state index contributed by atoms with van der Waals surface area (Å²) in [6.45, 7) is 0. The monoisotopic (exact) mass is 246 g/mol. The topological polar surface area (TPSA) is 52.1 Å². The molecule has 0 saturated carbocycles. The molecule has 4 nitrogen and oxygen atoms in total. The number of alkyl halides is 1. The van der Waals surface area contributed by atoms with Crippen LogP contribution < -0.4 is 0 Å². The molecule has 1 unspecified atom stereocenters. The molecule has 1 aromatic heterocycles. The quantitative estimate of drug-likeness (QED) is 0.776. The van der Waals surface area contributed by atoms with Crippen LogP contribution >= 0.6 is 0 Å². The minimum Gasteiger partial charge on any atom is -0.426 e. The van der Waals surface area contributed by atoms with Crippen molar-refractivity contribution in [1.82, 2.24) is 9.97 Å². The molecule has 1 aromatic carbocycles. The lowest BCUT2D eigenvalue weighted by molar-refractivity contribution is -0.157. The predicted molar refractivity (Wildman–Crippen MR) is 62.1 cm³/mol. The highest BCUT2D eigenvalue weighted by Gasteiger charge is 2.15. The Labute approximate surface area is 103 Å². The molecule has 5 heteroatoms. The van der Waals surface area contributed by atoms with E-state index in [0.717, 1.165) is 0 Å². The molecule has 0 N–H and O–H groups in total. The summed E-state index contributed by atoms with van der Waals surface area (Å²) in [5.41, 5.74) is 0.809. The lowest BCUT2D eigenvalue weighted by Crippen LogP contribution is -2.11. The van der Waals surface area contributed by atoms with Gasteiger partial charge in [0.05, 0.1) is 12.1 Å². The maximum atomic E-state index is 13.6. The lowest BCUT2D eigenvalue weighted by atomic mass is 10.2. The van der Waals surface area contributed by atoms with E-state index >= 15 is 0 Å². The second-order valence-electron chi connectivity index (χ2n) is 3.59. The van der Waals surface area contributed by atoms with Crippen molar-refractivity contribution in [3.8, 4) is 0 Å². The Hall–Kier alpha value is -2.30. The summed E-state index contributed by atoms with van der Waals surface area (Å²) in [7, 11) is 0. The van der Waals surface area contributed by atoms with Crippen LogP contribution in [0.25, 0.3) is 0 Å². The standard InChI is InChI=1S/C13H11FN2O2/c14-13(10-4-2-1-3-5-10)18-12(17)8-11-6-7-15-9-16-11/h1-7,9,13H,8H2. The Morgan fingerprint density at radius 2 is 2.06 bits per heavy atom. The molecule has 2 rings (SSSR count). The molecular formula is C13H11FN2O2. The molecule has 0 spiro atoms. The maximum absolute atomic E-state index is 13.6. The van der Waals surface area contributed by atoms with Crippen LogP contribution in [-0.2, 0) is 16.0 Å². The smallest absolute Gasteiger partial charge is 0.314 e. The third kappa shape index (κ3) is 3.35. The zero-order chi connectivity index (χ0) is 12.8. The van der Waals surface area contributed by atoms with Crippen LogP contribution in [0.3, 0.4) is 0 Å². The molecule has 18 heavy (non-hydrogen) atoms. The normalized spacial score (nSPS) is 11.8. The minimum atomic E-state index is -1.75. The Morgan fingerprint density at radius 1 is 1.28 bits per heavy atom. The highest BCUT2D eigenvalue weighted by Crippen LogP contribution is 2.18. The first-order chi connectivity index (χ1) is 8.75. The molecular weight excluding hydrogens is 235 g/mol. The summed E-state index contributed by atoms with van der Waals surface area (Å²) in [5.74, 6) is -0.662. The highest BCUT2D eigenvalue weighted by atomic mass is 19.1. The third-order valence-electron chi connectivity index (χ3n) is 2.27. The van der Waals surface area contributed by atoms with Gasteiger partial charge < -0.3 is 4.74 Å². The molecule has 1 heterocycles. The van der Waals surface area contributed by atoms with Crippen molar-refractivity contribution < 1.29 is 13.9 Å². The zero-order valence-corrected chi connectivity index (χ0v) is 9.49. The number of aromatic nitrogens is 2. The summed E-state index contributed by atoms with van der Waals surface area (Å²) < 4.78 is 18.3.